The molecule has 1 aliphatic rings. The van der Waals surface area contributed by atoms with Gasteiger partial charge in [-0.2, -0.15) is 0 Å². The molecule has 3 N–H and O–H groups in total. The van der Waals surface area contributed by atoms with Crippen molar-refractivity contribution in [1.82, 2.24) is 9.47 Å². The number of benzene rings is 1. The molecule has 0 amide bonds. The van der Waals surface area contributed by atoms with Crippen LogP contribution in [0.3, 0.4) is 0 Å². The molecule has 1 aliphatic heterocycles. The Hall–Kier alpha value is -1.07. The Morgan fingerprint density at radius 3 is 2.74 bits per heavy atom. The molecule has 1 saturated heterocycles. The lowest BCUT2D eigenvalue weighted by Crippen LogP contribution is -2.38. The van der Waals surface area contributed by atoms with Crippen LogP contribution in [0.4, 0.5) is 0 Å². The third-order valence-electron chi connectivity index (χ3n) is 5.25. The maximum atomic E-state index is 9.09. The summed E-state index contributed by atoms with van der Waals surface area (Å²) in [7, 11) is 2.07. The summed E-state index contributed by atoms with van der Waals surface area (Å²) in [5, 5.41) is 11.1. The highest BCUT2D eigenvalue weighted by molar-refractivity contribution is 6.31. The van der Waals surface area contributed by atoms with Gasteiger partial charge in [0.2, 0.25) is 0 Å². The molecular weight excluding hydrogens is 310 g/mol. The van der Waals surface area contributed by atoms with Crippen molar-refractivity contribution in [2.45, 2.75) is 18.8 Å². The molecule has 3 rings (SSSR count). The number of likely N-dealkylation sites (tertiary alicyclic amines) is 1. The minimum absolute atomic E-state index is 0.245. The van der Waals surface area contributed by atoms with Gasteiger partial charge in [0.05, 0.1) is 6.61 Å². The molecule has 5 heteroatoms. The van der Waals surface area contributed by atoms with Gasteiger partial charge in [0, 0.05) is 41.6 Å². The van der Waals surface area contributed by atoms with Crippen molar-refractivity contribution in [2.75, 3.05) is 32.8 Å². The molecule has 2 aromatic rings. The number of piperidine rings is 1. The molecule has 1 atom stereocenters. The van der Waals surface area contributed by atoms with Gasteiger partial charge in [0.25, 0.3) is 0 Å². The van der Waals surface area contributed by atoms with Crippen molar-refractivity contribution in [3.63, 3.8) is 0 Å². The fourth-order valence-electron chi connectivity index (χ4n) is 3.98. The minimum atomic E-state index is 0.245. The van der Waals surface area contributed by atoms with Gasteiger partial charge in [-0.3, -0.25) is 0 Å². The van der Waals surface area contributed by atoms with Crippen LogP contribution in [0.25, 0.3) is 10.9 Å². The van der Waals surface area contributed by atoms with Gasteiger partial charge in [-0.05, 0) is 56.1 Å². The zero-order valence-electron chi connectivity index (χ0n) is 13.7. The number of aliphatic hydroxyl groups is 1. The summed E-state index contributed by atoms with van der Waals surface area (Å²) in [4.78, 5) is 2.34. The van der Waals surface area contributed by atoms with Gasteiger partial charge in [-0.25, -0.2) is 0 Å². The molecule has 1 aromatic carbocycles. The topological polar surface area (TPSA) is 54.4 Å². The molecule has 1 fully saturated rings. The van der Waals surface area contributed by atoms with Crippen LogP contribution in [-0.4, -0.2) is 47.4 Å². The molecule has 0 bridgehead atoms. The zero-order valence-corrected chi connectivity index (χ0v) is 14.5. The number of aliphatic hydroxyl groups excluding tert-OH is 1. The monoisotopic (exact) mass is 335 g/mol. The first-order valence-electron chi connectivity index (χ1n) is 8.41. The predicted molar refractivity (Wildman–Crippen MR) is 96.0 cm³/mol. The molecule has 0 aliphatic carbocycles. The summed E-state index contributed by atoms with van der Waals surface area (Å²) < 4.78 is 2.15. The third-order valence-corrected chi connectivity index (χ3v) is 5.49. The van der Waals surface area contributed by atoms with E-state index in [-0.39, 0.29) is 6.61 Å². The Kier molecular flexibility index (Phi) is 5.27. The van der Waals surface area contributed by atoms with Gasteiger partial charge in [-0.15, -0.1) is 0 Å². The maximum Gasteiger partial charge on any atom is 0.0558 e. The standard InChI is InChI=1S/C18H26ClN3O/c1-21-12-17(15-3-2-14(19)10-18(15)21)16(11-20)13-4-6-22(7-5-13)8-9-23/h2-3,10,12-13,16,23H,4-9,11,20H2,1H3. The number of aromatic nitrogens is 1. The normalized spacial score (nSPS) is 18.6. The summed E-state index contributed by atoms with van der Waals surface area (Å²) in [6, 6.07) is 6.11. The molecule has 4 nitrogen and oxygen atoms in total. The van der Waals surface area contributed by atoms with Crippen molar-refractivity contribution in [3.05, 3.63) is 35.0 Å². The fourth-order valence-corrected chi connectivity index (χ4v) is 4.14. The van der Waals surface area contributed by atoms with E-state index in [0.29, 0.717) is 18.4 Å². The predicted octanol–water partition coefficient (Wildman–Crippen LogP) is 2.58. The highest BCUT2D eigenvalue weighted by Crippen LogP contribution is 2.37. The van der Waals surface area contributed by atoms with E-state index in [1.54, 1.807) is 0 Å². The number of aryl methyl sites for hydroxylation is 1. The van der Waals surface area contributed by atoms with Crippen LogP contribution in [0.5, 0.6) is 0 Å². The van der Waals surface area contributed by atoms with E-state index in [9.17, 15) is 0 Å². The molecule has 1 aromatic heterocycles. The van der Waals surface area contributed by atoms with Crippen LogP contribution in [0.15, 0.2) is 24.4 Å². The van der Waals surface area contributed by atoms with E-state index in [1.165, 1.54) is 16.5 Å². The van der Waals surface area contributed by atoms with Crippen LogP contribution in [0.2, 0.25) is 5.02 Å². The number of halogens is 1. The van der Waals surface area contributed by atoms with E-state index in [1.807, 2.05) is 12.1 Å². The highest BCUT2D eigenvalue weighted by Gasteiger charge is 2.28. The molecule has 126 valence electrons. The van der Waals surface area contributed by atoms with Crippen molar-refractivity contribution in [1.29, 1.82) is 0 Å². The fraction of sp³-hybridized carbons (Fsp3) is 0.556. The van der Waals surface area contributed by atoms with E-state index in [2.05, 4.69) is 28.8 Å². The lowest BCUT2D eigenvalue weighted by atomic mass is 9.80. The third kappa shape index (κ3) is 3.41. The van der Waals surface area contributed by atoms with E-state index in [0.717, 1.165) is 37.5 Å². The summed E-state index contributed by atoms with van der Waals surface area (Å²) >= 11 is 6.14. The lowest BCUT2D eigenvalue weighted by molar-refractivity contribution is 0.138. The first-order chi connectivity index (χ1) is 11.1. The van der Waals surface area contributed by atoms with Crippen molar-refractivity contribution in [2.24, 2.45) is 18.7 Å². The average molecular weight is 336 g/mol. The van der Waals surface area contributed by atoms with Crippen molar-refractivity contribution in [3.8, 4) is 0 Å². The largest absolute Gasteiger partial charge is 0.395 e. The second-order valence-electron chi connectivity index (χ2n) is 6.60. The van der Waals surface area contributed by atoms with Gasteiger partial charge in [-0.1, -0.05) is 17.7 Å². The van der Waals surface area contributed by atoms with Gasteiger partial charge in [0.15, 0.2) is 0 Å². The van der Waals surface area contributed by atoms with E-state index < -0.39 is 0 Å². The van der Waals surface area contributed by atoms with Gasteiger partial charge >= 0.3 is 0 Å². The van der Waals surface area contributed by atoms with Crippen LogP contribution < -0.4 is 5.73 Å². The van der Waals surface area contributed by atoms with Crippen LogP contribution >= 0.6 is 11.6 Å². The van der Waals surface area contributed by atoms with E-state index >= 15 is 0 Å². The van der Waals surface area contributed by atoms with E-state index in [4.69, 9.17) is 22.4 Å². The average Bonchev–Trinajstić information content (AvgIpc) is 2.86. The second kappa shape index (κ2) is 7.22. The molecule has 23 heavy (non-hydrogen) atoms. The van der Waals surface area contributed by atoms with Crippen molar-refractivity contribution >= 4 is 22.5 Å². The minimum Gasteiger partial charge on any atom is -0.395 e. The number of nitrogens with zero attached hydrogens (tertiary/aromatic N) is 2. The Morgan fingerprint density at radius 2 is 2.09 bits per heavy atom. The van der Waals surface area contributed by atoms with Crippen LogP contribution in [0.1, 0.15) is 24.3 Å². The number of fused-ring (bicyclic) bond motifs is 1. The van der Waals surface area contributed by atoms with Crippen molar-refractivity contribution < 1.29 is 5.11 Å². The first-order valence-corrected chi connectivity index (χ1v) is 8.79. The highest BCUT2D eigenvalue weighted by atomic mass is 35.5. The molecular formula is C18H26ClN3O. The maximum absolute atomic E-state index is 9.09. The second-order valence-corrected chi connectivity index (χ2v) is 7.04. The number of rotatable bonds is 5. The first kappa shape index (κ1) is 16.8. The molecule has 1 unspecified atom stereocenters. The summed E-state index contributed by atoms with van der Waals surface area (Å²) in [5.41, 5.74) is 8.69. The van der Waals surface area contributed by atoms with Crippen LogP contribution in [0, 0.1) is 5.92 Å². The Bertz CT molecular complexity index is 662. The molecule has 0 spiro atoms. The zero-order chi connectivity index (χ0) is 16.4. The quantitative estimate of drug-likeness (QED) is 0.883. The Morgan fingerprint density at radius 1 is 1.35 bits per heavy atom. The number of β-amino-alcohol motifs (C(OH)–C–C–N with tert-alkyl or cyclic N) is 1. The number of hydrogen-bond donors (Lipinski definition) is 2. The van der Waals surface area contributed by atoms with Crippen LogP contribution in [-0.2, 0) is 7.05 Å². The smallest absolute Gasteiger partial charge is 0.0558 e. The van der Waals surface area contributed by atoms with Gasteiger partial charge < -0.3 is 20.3 Å². The Balaban J connectivity index is 1.84. The SMILES string of the molecule is Cn1cc(C(CN)C2CCN(CCO)CC2)c2ccc(Cl)cc21. The summed E-state index contributed by atoms with van der Waals surface area (Å²) in [6.07, 6.45) is 4.51. The lowest BCUT2D eigenvalue weighted by Gasteiger charge is -2.35. The molecule has 0 radical (unpaired) electrons. The summed E-state index contributed by atoms with van der Waals surface area (Å²) in [5.74, 6) is 0.993. The number of nitrogens with two attached hydrogens (primary N) is 1. The summed E-state index contributed by atoms with van der Waals surface area (Å²) in [6.45, 7) is 3.81. The Labute approximate surface area is 142 Å². The number of hydrogen-bond acceptors (Lipinski definition) is 3. The van der Waals surface area contributed by atoms with Gasteiger partial charge in [0.1, 0.15) is 0 Å². The molecule has 2 heterocycles. The molecule has 0 saturated carbocycles.